The molecule has 1 fully saturated rings. The zero-order valence-corrected chi connectivity index (χ0v) is 16.4. The van der Waals surface area contributed by atoms with E-state index in [0.717, 1.165) is 35.6 Å². The molecule has 0 amide bonds. The van der Waals surface area contributed by atoms with Crippen LogP contribution in [-0.2, 0) is 6.54 Å². The number of nitrogens with zero attached hydrogens (tertiary/aromatic N) is 6. The smallest absolute Gasteiger partial charge is 0.138 e. The Bertz CT molecular complexity index is 1040. The molecule has 0 saturated carbocycles. The van der Waals surface area contributed by atoms with E-state index in [9.17, 15) is 0 Å². The third-order valence-electron chi connectivity index (χ3n) is 5.56. The van der Waals surface area contributed by atoms with E-state index in [4.69, 9.17) is 4.98 Å². The molecular weight excluding hydrogens is 360 g/mol. The van der Waals surface area contributed by atoms with Crippen LogP contribution >= 0.6 is 0 Å². The summed E-state index contributed by atoms with van der Waals surface area (Å²) >= 11 is 0. The molecule has 146 valence electrons. The van der Waals surface area contributed by atoms with Gasteiger partial charge >= 0.3 is 0 Å². The highest BCUT2D eigenvalue weighted by atomic mass is 15.3. The minimum Gasteiger partial charge on any atom is -0.329 e. The Kier molecular flexibility index (Phi) is 4.92. The summed E-state index contributed by atoms with van der Waals surface area (Å²) in [7, 11) is 0. The molecule has 29 heavy (non-hydrogen) atoms. The third-order valence-corrected chi connectivity index (χ3v) is 5.56. The van der Waals surface area contributed by atoms with Gasteiger partial charge in [0.1, 0.15) is 12.7 Å². The van der Waals surface area contributed by atoms with E-state index in [2.05, 4.69) is 68.1 Å². The van der Waals surface area contributed by atoms with Gasteiger partial charge in [0.15, 0.2) is 0 Å². The summed E-state index contributed by atoms with van der Waals surface area (Å²) < 4.78 is 4.07. The largest absolute Gasteiger partial charge is 0.329 e. The molecule has 0 N–H and O–H groups in total. The predicted octanol–water partition coefficient (Wildman–Crippen LogP) is 3.89. The summed E-state index contributed by atoms with van der Waals surface area (Å²) in [6, 6.07) is 18.9. The van der Waals surface area contributed by atoms with E-state index in [0.29, 0.717) is 0 Å². The lowest BCUT2D eigenvalue weighted by atomic mass is 10.0. The Labute approximate surface area is 170 Å². The van der Waals surface area contributed by atoms with Gasteiger partial charge in [-0.25, -0.2) is 14.6 Å². The lowest BCUT2D eigenvalue weighted by Gasteiger charge is -2.17. The van der Waals surface area contributed by atoms with Crippen LogP contribution in [0.2, 0.25) is 0 Å². The number of likely N-dealkylation sites (tertiary alicyclic amines) is 1. The minimum atomic E-state index is 0.944. The second-order valence-electron chi connectivity index (χ2n) is 7.44. The van der Waals surface area contributed by atoms with Crippen molar-refractivity contribution in [1.82, 2.24) is 29.2 Å². The summed E-state index contributed by atoms with van der Waals surface area (Å²) in [6.45, 7) is 4.43. The molecule has 1 aliphatic heterocycles. The van der Waals surface area contributed by atoms with Crippen molar-refractivity contribution >= 4 is 0 Å². The van der Waals surface area contributed by atoms with Gasteiger partial charge in [-0.15, -0.1) is 0 Å². The monoisotopic (exact) mass is 384 g/mol. The molecule has 0 atom stereocenters. The first-order valence-corrected chi connectivity index (χ1v) is 10.2. The van der Waals surface area contributed by atoms with Crippen LogP contribution in [0.1, 0.15) is 12.8 Å². The van der Waals surface area contributed by atoms with Crippen molar-refractivity contribution in [2.75, 3.05) is 19.6 Å². The van der Waals surface area contributed by atoms with E-state index >= 15 is 0 Å². The van der Waals surface area contributed by atoms with Gasteiger partial charge in [0.05, 0.1) is 23.4 Å². The summed E-state index contributed by atoms with van der Waals surface area (Å²) in [5.74, 6) is 0. The number of rotatable bonds is 6. The highest BCUT2D eigenvalue weighted by Gasteiger charge is 2.17. The normalized spacial score (nSPS) is 14.5. The summed E-state index contributed by atoms with van der Waals surface area (Å²) in [5, 5.41) is 4.22. The van der Waals surface area contributed by atoms with Gasteiger partial charge in [0, 0.05) is 24.2 Å². The third kappa shape index (κ3) is 3.71. The lowest BCUT2D eigenvalue weighted by Crippen LogP contribution is -2.24. The molecule has 1 saturated heterocycles. The number of aromatic nitrogens is 5. The van der Waals surface area contributed by atoms with Crippen LogP contribution in [0.15, 0.2) is 73.6 Å². The van der Waals surface area contributed by atoms with E-state index in [1.807, 2.05) is 12.4 Å². The van der Waals surface area contributed by atoms with Crippen LogP contribution in [0, 0.1) is 0 Å². The minimum absolute atomic E-state index is 0.944. The molecule has 0 radical (unpaired) electrons. The van der Waals surface area contributed by atoms with E-state index in [-0.39, 0.29) is 0 Å². The maximum Gasteiger partial charge on any atom is 0.138 e. The Morgan fingerprint density at radius 1 is 0.793 bits per heavy atom. The molecule has 0 spiro atoms. The number of hydrogen-bond acceptors (Lipinski definition) is 4. The lowest BCUT2D eigenvalue weighted by molar-refractivity contribution is 0.323. The van der Waals surface area contributed by atoms with E-state index < -0.39 is 0 Å². The Morgan fingerprint density at radius 2 is 1.59 bits per heavy atom. The van der Waals surface area contributed by atoms with Gasteiger partial charge < -0.3 is 9.47 Å². The van der Waals surface area contributed by atoms with Crippen molar-refractivity contribution in [2.45, 2.75) is 19.4 Å². The topological polar surface area (TPSA) is 51.8 Å². The van der Waals surface area contributed by atoms with Crippen molar-refractivity contribution in [3.63, 3.8) is 0 Å². The Hall–Kier alpha value is -3.25. The molecule has 5 rings (SSSR count). The first-order valence-electron chi connectivity index (χ1n) is 10.2. The summed E-state index contributed by atoms with van der Waals surface area (Å²) in [6.07, 6.45) is 7.88. The van der Waals surface area contributed by atoms with Gasteiger partial charge in [-0.05, 0) is 38.1 Å². The molecule has 6 nitrogen and oxygen atoms in total. The first kappa shape index (κ1) is 17.8. The fourth-order valence-electron chi connectivity index (χ4n) is 4.03. The number of imidazole rings is 1. The zero-order valence-electron chi connectivity index (χ0n) is 16.4. The average molecular weight is 384 g/mol. The second kappa shape index (κ2) is 8.01. The molecule has 1 aliphatic rings. The SMILES string of the molecule is c1ccc(-c2ncn(CCN3CCCC3)c2-c2ccc(-n3cncn3)cc2)cc1. The fourth-order valence-corrected chi connectivity index (χ4v) is 4.03. The molecular formula is C23H24N6. The summed E-state index contributed by atoms with van der Waals surface area (Å²) in [5.41, 5.74) is 5.49. The van der Waals surface area contributed by atoms with Crippen LogP contribution in [0.5, 0.6) is 0 Å². The highest BCUT2D eigenvalue weighted by molar-refractivity contribution is 5.78. The maximum absolute atomic E-state index is 4.80. The predicted molar refractivity (Wildman–Crippen MR) is 114 cm³/mol. The van der Waals surface area contributed by atoms with Gasteiger partial charge in [-0.3, -0.25) is 0 Å². The van der Waals surface area contributed by atoms with E-state index in [1.54, 1.807) is 17.3 Å². The summed E-state index contributed by atoms with van der Waals surface area (Å²) in [4.78, 5) is 11.4. The maximum atomic E-state index is 4.80. The van der Waals surface area contributed by atoms with Gasteiger partial charge in [-0.2, -0.15) is 5.10 Å². The number of benzene rings is 2. The average Bonchev–Trinajstić information content (AvgIpc) is 3.55. The molecule has 0 unspecified atom stereocenters. The molecule has 4 aromatic rings. The fraction of sp³-hybridized carbons (Fsp3) is 0.261. The Morgan fingerprint density at radius 3 is 2.31 bits per heavy atom. The Balaban J connectivity index is 1.50. The standard InChI is InChI=1S/C23H24N6/c1-2-6-19(7-3-1)22-23(28(18-25-22)15-14-27-12-4-5-13-27)20-8-10-21(11-9-20)29-17-24-16-26-29/h1-3,6-11,16-18H,4-5,12-15H2. The second-order valence-corrected chi connectivity index (χ2v) is 7.44. The highest BCUT2D eigenvalue weighted by Crippen LogP contribution is 2.31. The first-order chi connectivity index (χ1) is 14.4. The van der Waals surface area contributed by atoms with Crippen LogP contribution in [-0.4, -0.2) is 48.8 Å². The van der Waals surface area contributed by atoms with E-state index in [1.165, 1.54) is 31.6 Å². The molecule has 0 bridgehead atoms. The molecule has 2 aromatic carbocycles. The number of hydrogen-bond donors (Lipinski definition) is 0. The molecule has 3 heterocycles. The van der Waals surface area contributed by atoms with Gasteiger partial charge in [-0.1, -0.05) is 42.5 Å². The molecule has 0 aliphatic carbocycles. The van der Waals surface area contributed by atoms with Crippen LogP contribution in [0.25, 0.3) is 28.2 Å². The van der Waals surface area contributed by atoms with Gasteiger partial charge in [0.25, 0.3) is 0 Å². The quantitative estimate of drug-likeness (QED) is 0.506. The van der Waals surface area contributed by atoms with Crippen LogP contribution in [0.4, 0.5) is 0 Å². The molecule has 2 aromatic heterocycles. The van der Waals surface area contributed by atoms with Crippen molar-refractivity contribution < 1.29 is 0 Å². The molecule has 6 heteroatoms. The van der Waals surface area contributed by atoms with Crippen molar-refractivity contribution in [2.24, 2.45) is 0 Å². The zero-order chi connectivity index (χ0) is 19.5. The van der Waals surface area contributed by atoms with Crippen molar-refractivity contribution in [3.8, 4) is 28.2 Å². The van der Waals surface area contributed by atoms with Crippen LogP contribution < -0.4 is 0 Å². The van der Waals surface area contributed by atoms with Crippen LogP contribution in [0.3, 0.4) is 0 Å². The van der Waals surface area contributed by atoms with Crippen molar-refractivity contribution in [1.29, 1.82) is 0 Å². The van der Waals surface area contributed by atoms with Gasteiger partial charge in [0.2, 0.25) is 0 Å². The van der Waals surface area contributed by atoms with Crippen molar-refractivity contribution in [3.05, 3.63) is 73.6 Å².